The zero-order valence-corrected chi connectivity index (χ0v) is 9.95. The number of primary amides is 1. The number of nitrogens with two attached hydrogens (primary N) is 1. The standard InChI is InChI=1S/C10H23N3O2/c1-4-12-9(10(11)14)8-13(5-2)6-7-15-3/h9,12H,4-8H2,1-3H3,(H2,11,14). The largest absolute Gasteiger partial charge is 0.383 e. The van der Waals surface area contributed by atoms with Crippen molar-refractivity contribution in [2.24, 2.45) is 5.73 Å². The number of carbonyl (C=O) groups is 1. The van der Waals surface area contributed by atoms with Crippen LogP contribution < -0.4 is 11.1 Å². The highest BCUT2D eigenvalue weighted by atomic mass is 16.5. The molecule has 1 unspecified atom stereocenters. The Hall–Kier alpha value is -0.650. The second-order valence-electron chi connectivity index (χ2n) is 3.40. The monoisotopic (exact) mass is 217 g/mol. The van der Waals surface area contributed by atoms with Crippen molar-refractivity contribution in [3.8, 4) is 0 Å². The molecule has 0 spiro atoms. The van der Waals surface area contributed by atoms with Crippen LogP contribution in [-0.4, -0.2) is 56.7 Å². The average molecular weight is 217 g/mol. The molecule has 5 nitrogen and oxygen atoms in total. The number of carbonyl (C=O) groups excluding carboxylic acids is 1. The summed E-state index contributed by atoms with van der Waals surface area (Å²) in [5.41, 5.74) is 5.30. The van der Waals surface area contributed by atoms with Gasteiger partial charge in [-0.2, -0.15) is 0 Å². The van der Waals surface area contributed by atoms with Crippen LogP contribution in [0.2, 0.25) is 0 Å². The summed E-state index contributed by atoms with van der Waals surface area (Å²) in [5.74, 6) is -0.298. The summed E-state index contributed by atoms with van der Waals surface area (Å²) in [4.78, 5) is 13.3. The minimum absolute atomic E-state index is 0.271. The van der Waals surface area contributed by atoms with Crippen molar-refractivity contribution in [3.63, 3.8) is 0 Å². The third-order valence-electron chi connectivity index (χ3n) is 2.29. The lowest BCUT2D eigenvalue weighted by molar-refractivity contribution is -0.120. The molecule has 0 aromatic rings. The topological polar surface area (TPSA) is 67.6 Å². The quantitative estimate of drug-likeness (QED) is 0.542. The molecule has 0 aliphatic rings. The molecule has 1 amide bonds. The Kier molecular flexibility index (Phi) is 8.27. The van der Waals surface area contributed by atoms with Gasteiger partial charge in [0.25, 0.3) is 0 Å². The molecule has 15 heavy (non-hydrogen) atoms. The first-order valence-corrected chi connectivity index (χ1v) is 5.39. The summed E-state index contributed by atoms with van der Waals surface area (Å²) in [7, 11) is 1.67. The second kappa shape index (κ2) is 8.64. The Bertz CT molecular complexity index is 176. The van der Waals surface area contributed by atoms with Gasteiger partial charge in [-0.1, -0.05) is 13.8 Å². The fourth-order valence-corrected chi connectivity index (χ4v) is 1.36. The van der Waals surface area contributed by atoms with E-state index in [0.29, 0.717) is 13.2 Å². The van der Waals surface area contributed by atoms with Gasteiger partial charge in [-0.25, -0.2) is 0 Å². The average Bonchev–Trinajstić information content (AvgIpc) is 2.22. The van der Waals surface area contributed by atoms with Crippen molar-refractivity contribution in [2.75, 3.05) is 39.9 Å². The molecule has 0 aliphatic heterocycles. The van der Waals surface area contributed by atoms with Crippen molar-refractivity contribution in [1.82, 2.24) is 10.2 Å². The predicted octanol–water partition coefficient (Wildman–Crippen LogP) is -0.582. The molecule has 0 fully saturated rings. The molecule has 0 aromatic heterocycles. The Morgan fingerprint density at radius 2 is 2.20 bits per heavy atom. The fourth-order valence-electron chi connectivity index (χ4n) is 1.36. The lowest BCUT2D eigenvalue weighted by Crippen LogP contribution is -2.49. The van der Waals surface area contributed by atoms with Crippen molar-refractivity contribution >= 4 is 5.91 Å². The van der Waals surface area contributed by atoms with Gasteiger partial charge in [0.05, 0.1) is 12.6 Å². The number of methoxy groups -OCH3 is 1. The first-order valence-electron chi connectivity index (χ1n) is 5.39. The first kappa shape index (κ1) is 14.3. The molecule has 0 aromatic carbocycles. The fraction of sp³-hybridized carbons (Fsp3) is 0.900. The highest BCUT2D eigenvalue weighted by Crippen LogP contribution is 1.92. The Balaban J connectivity index is 4.03. The maximum absolute atomic E-state index is 11.1. The molecule has 0 aliphatic carbocycles. The lowest BCUT2D eigenvalue weighted by atomic mass is 10.2. The van der Waals surface area contributed by atoms with Crippen LogP contribution in [0, 0.1) is 0 Å². The summed E-state index contributed by atoms with van der Waals surface area (Å²) < 4.78 is 5.00. The van der Waals surface area contributed by atoms with Crippen LogP contribution in [0.4, 0.5) is 0 Å². The summed E-state index contributed by atoms with van der Waals surface area (Å²) in [6.07, 6.45) is 0. The van der Waals surface area contributed by atoms with E-state index in [1.165, 1.54) is 0 Å². The normalized spacial score (nSPS) is 13.1. The summed E-state index contributed by atoms with van der Waals surface area (Å²) >= 11 is 0. The molecule has 0 rings (SSSR count). The van der Waals surface area contributed by atoms with Gasteiger partial charge in [0.1, 0.15) is 0 Å². The van der Waals surface area contributed by atoms with E-state index < -0.39 is 0 Å². The van der Waals surface area contributed by atoms with Crippen LogP contribution in [0.25, 0.3) is 0 Å². The molecular weight excluding hydrogens is 194 g/mol. The van der Waals surface area contributed by atoms with Crippen LogP contribution in [0.1, 0.15) is 13.8 Å². The van der Waals surface area contributed by atoms with Gasteiger partial charge in [-0.05, 0) is 13.1 Å². The zero-order chi connectivity index (χ0) is 11.7. The molecule has 0 radical (unpaired) electrons. The number of rotatable bonds is 9. The van der Waals surface area contributed by atoms with E-state index >= 15 is 0 Å². The van der Waals surface area contributed by atoms with Crippen LogP contribution in [0.5, 0.6) is 0 Å². The third kappa shape index (κ3) is 6.43. The highest BCUT2D eigenvalue weighted by molar-refractivity contribution is 5.80. The van der Waals surface area contributed by atoms with Gasteiger partial charge < -0.3 is 15.8 Å². The van der Waals surface area contributed by atoms with E-state index in [2.05, 4.69) is 17.1 Å². The SMILES string of the molecule is CCNC(CN(CC)CCOC)C(N)=O. The number of hydrogen-bond acceptors (Lipinski definition) is 4. The van der Waals surface area contributed by atoms with Gasteiger partial charge in [0, 0.05) is 20.2 Å². The summed E-state index contributed by atoms with van der Waals surface area (Å²) in [6.45, 7) is 7.78. The highest BCUT2D eigenvalue weighted by Gasteiger charge is 2.16. The van der Waals surface area contributed by atoms with Crippen molar-refractivity contribution < 1.29 is 9.53 Å². The lowest BCUT2D eigenvalue weighted by Gasteiger charge is -2.24. The second-order valence-corrected chi connectivity index (χ2v) is 3.40. The van der Waals surface area contributed by atoms with E-state index in [9.17, 15) is 4.79 Å². The van der Waals surface area contributed by atoms with E-state index in [4.69, 9.17) is 10.5 Å². The molecule has 3 N–H and O–H groups in total. The molecule has 0 saturated carbocycles. The van der Waals surface area contributed by atoms with Crippen LogP contribution in [0.3, 0.4) is 0 Å². The van der Waals surface area contributed by atoms with E-state index in [1.807, 2.05) is 6.92 Å². The number of nitrogens with zero attached hydrogens (tertiary/aromatic N) is 1. The number of nitrogens with one attached hydrogen (secondary N) is 1. The van der Waals surface area contributed by atoms with E-state index in [0.717, 1.165) is 19.6 Å². The molecule has 90 valence electrons. The Morgan fingerprint density at radius 1 is 1.53 bits per heavy atom. The van der Waals surface area contributed by atoms with E-state index in [1.54, 1.807) is 7.11 Å². The van der Waals surface area contributed by atoms with Gasteiger partial charge in [0.2, 0.25) is 5.91 Å². The third-order valence-corrected chi connectivity index (χ3v) is 2.29. The molecule has 1 atom stereocenters. The maximum atomic E-state index is 11.1. The van der Waals surface area contributed by atoms with Gasteiger partial charge >= 0.3 is 0 Å². The first-order chi connectivity index (χ1) is 7.15. The number of hydrogen-bond donors (Lipinski definition) is 2. The minimum Gasteiger partial charge on any atom is -0.383 e. The van der Waals surface area contributed by atoms with Crippen molar-refractivity contribution in [2.45, 2.75) is 19.9 Å². The van der Waals surface area contributed by atoms with Crippen molar-refractivity contribution in [3.05, 3.63) is 0 Å². The summed E-state index contributed by atoms with van der Waals surface area (Å²) in [5, 5.41) is 3.07. The molecule has 0 heterocycles. The van der Waals surface area contributed by atoms with Gasteiger partial charge in [0.15, 0.2) is 0 Å². The summed E-state index contributed by atoms with van der Waals surface area (Å²) in [6, 6.07) is -0.271. The molecule has 0 bridgehead atoms. The van der Waals surface area contributed by atoms with Gasteiger partial charge in [-0.15, -0.1) is 0 Å². The minimum atomic E-state index is -0.298. The van der Waals surface area contributed by atoms with Crippen LogP contribution >= 0.6 is 0 Å². The Morgan fingerprint density at radius 3 is 2.60 bits per heavy atom. The number of ether oxygens (including phenoxy) is 1. The smallest absolute Gasteiger partial charge is 0.235 e. The van der Waals surface area contributed by atoms with E-state index in [-0.39, 0.29) is 11.9 Å². The van der Waals surface area contributed by atoms with Crippen LogP contribution in [0.15, 0.2) is 0 Å². The maximum Gasteiger partial charge on any atom is 0.235 e. The zero-order valence-electron chi connectivity index (χ0n) is 9.95. The molecule has 5 heteroatoms. The number of likely N-dealkylation sites (N-methyl/N-ethyl adjacent to an activating group) is 2. The predicted molar refractivity (Wildman–Crippen MR) is 60.6 cm³/mol. The van der Waals surface area contributed by atoms with Gasteiger partial charge in [-0.3, -0.25) is 9.69 Å². The molecule has 0 saturated heterocycles. The van der Waals surface area contributed by atoms with Crippen LogP contribution in [-0.2, 0) is 9.53 Å². The van der Waals surface area contributed by atoms with Crippen molar-refractivity contribution in [1.29, 1.82) is 0 Å². The molecular formula is C10H23N3O2. The Labute approximate surface area is 91.9 Å². The number of amides is 1.